The number of aliphatic hydroxyl groups excluding tert-OH is 1. The molecule has 3 heteroatoms. The molecule has 0 saturated carbocycles. The quantitative estimate of drug-likeness (QED) is 0.764. The van der Waals surface area contributed by atoms with E-state index in [9.17, 15) is 0 Å². The van der Waals surface area contributed by atoms with Gasteiger partial charge in [0.15, 0.2) is 0 Å². The molecule has 0 saturated heterocycles. The van der Waals surface area contributed by atoms with Crippen LogP contribution in [0.4, 0.5) is 0 Å². The molecule has 0 aromatic heterocycles. The number of benzene rings is 1. The first-order chi connectivity index (χ1) is 8.11. The Morgan fingerprint density at radius 1 is 1.18 bits per heavy atom. The summed E-state index contributed by atoms with van der Waals surface area (Å²) in [7, 11) is 0. The van der Waals surface area contributed by atoms with E-state index in [1.807, 2.05) is 32.9 Å². The Labute approximate surface area is 104 Å². The molecule has 2 N–H and O–H groups in total. The Morgan fingerprint density at radius 2 is 1.82 bits per heavy atom. The number of nitrogens with one attached hydrogen (secondary N) is 1. The fourth-order valence-corrected chi connectivity index (χ4v) is 1.49. The van der Waals surface area contributed by atoms with Gasteiger partial charge in [-0.05, 0) is 37.5 Å². The van der Waals surface area contributed by atoms with E-state index in [2.05, 4.69) is 17.4 Å². The molecular weight excluding hydrogens is 214 g/mol. The average molecular weight is 237 g/mol. The highest BCUT2D eigenvalue weighted by molar-refractivity contribution is 5.27. The van der Waals surface area contributed by atoms with E-state index in [-0.39, 0.29) is 12.7 Å². The van der Waals surface area contributed by atoms with E-state index >= 15 is 0 Å². The molecule has 96 valence electrons. The molecule has 1 atom stereocenters. The smallest absolute Gasteiger partial charge is 0.119 e. The van der Waals surface area contributed by atoms with E-state index in [0.717, 1.165) is 18.8 Å². The average Bonchev–Trinajstić information content (AvgIpc) is 2.30. The zero-order valence-corrected chi connectivity index (χ0v) is 10.9. The molecule has 0 radical (unpaired) electrons. The highest BCUT2D eigenvalue weighted by Gasteiger charge is 2.00. The number of aliphatic hydroxyl groups is 1. The van der Waals surface area contributed by atoms with Crippen LogP contribution in [0.25, 0.3) is 0 Å². The van der Waals surface area contributed by atoms with Gasteiger partial charge in [-0.2, -0.15) is 0 Å². The molecule has 0 aliphatic carbocycles. The number of ether oxygens (including phenoxy) is 1. The Kier molecular flexibility index (Phi) is 6.01. The van der Waals surface area contributed by atoms with Crippen LogP contribution < -0.4 is 10.1 Å². The largest absolute Gasteiger partial charge is 0.491 e. The fourth-order valence-electron chi connectivity index (χ4n) is 1.49. The van der Waals surface area contributed by atoms with Crippen LogP contribution in [-0.2, 0) is 6.54 Å². The van der Waals surface area contributed by atoms with E-state index in [0.29, 0.717) is 5.92 Å². The third-order valence-electron chi connectivity index (χ3n) is 2.43. The molecule has 1 rings (SSSR count). The maximum absolute atomic E-state index is 8.90. The van der Waals surface area contributed by atoms with Gasteiger partial charge in [-0.3, -0.25) is 0 Å². The zero-order valence-electron chi connectivity index (χ0n) is 10.9. The van der Waals surface area contributed by atoms with Crippen LogP contribution in [0.3, 0.4) is 0 Å². The minimum Gasteiger partial charge on any atom is -0.491 e. The summed E-state index contributed by atoms with van der Waals surface area (Å²) in [4.78, 5) is 0. The van der Waals surface area contributed by atoms with Crippen molar-refractivity contribution in [1.29, 1.82) is 0 Å². The molecule has 3 nitrogen and oxygen atoms in total. The van der Waals surface area contributed by atoms with Crippen LogP contribution in [0.2, 0.25) is 0 Å². The summed E-state index contributed by atoms with van der Waals surface area (Å²) in [5, 5.41) is 12.2. The van der Waals surface area contributed by atoms with Gasteiger partial charge in [-0.25, -0.2) is 0 Å². The van der Waals surface area contributed by atoms with Gasteiger partial charge in [0.2, 0.25) is 0 Å². The molecule has 0 fully saturated rings. The van der Waals surface area contributed by atoms with Gasteiger partial charge in [-0.1, -0.05) is 19.1 Å². The predicted octanol–water partition coefficient (Wildman–Crippen LogP) is 2.19. The second-order valence-corrected chi connectivity index (χ2v) is 4.73. The van der Waals surface area contributed by atoms with Crippen molar-refractivity contribution in [3.05, 3.63) is 29.8 Å². The third kappa shape index (κ3) is 5.71. The second-order valence-electron chi connectivity index (χ2n) is 4.73. The van der Waals surface area contributed by atoms with E-state index in [4.69, 9.17) is 9.84 Å². The minimum absolute atomic E-state index is 0.212. The second kappa shape index (κ2) is 7.30. The lowest BCUT2D eigenvalue weighted by atomic mass is 10.2. The summed E-state index contributed by atoms with van der Waals surface area (Å²) >= 11 is 0. The molecule has 0 aliphatic heterocycles. The predicted molar refractivity (Wildman–Crippen MR) is 70.2 cm³/mol. The van der Waals surface area contributed by atoms with Crippen LogP contribution in [0, 0.1) is 5.92 Å². The first-order valence-electron chi connectivity index (χ1n) is 6.19. The van der Waals surface area contributed by atoms with Crippen LogP contribution in [0.5, 0.6) is 5.75 Å². The third-order valence-corrected chi connectivity index (χ3v) is 2.43. The molecule has 0 heterocycles. The van der Waals surface area contributed by atoms with Crippen molar-refractivity contribution >= 4 is 0 Å². The van der Waals surface area contributed by atoms with Gasteiger partial charge in [0.1, 0.15) is 5.75 Å². The maximum Gasteiger partial charge on any atom is 0.119 e. The molecule has 0 bridgehead atoms. The topological polar surface area (TPSA) is 41.5 Å². The van der Waals surface area contributed by atoms with E-state index in [1.54, 1.807) is 0 Å². The van der Waals surface area contributed by atoms with Crippen molar-refractivity contribution in [3.63, 3.8) is 0 Å². The number of hydrogen-bond donors (Lipinski definition) is 2. The normalized spacial score (nSPS) is 12.8. The SMILES string of the molecule is CC(CO)CNCc1ccc(OC(C)C)cc1. The van der Waals surface area contributed by atoms with Gasteiger partial charge < -0.3 is 15.2 Å². The Morgan fingerprint density at radius 3 is 2.35 bits per heavy atom. The summed E-state index contributed by atoms with van der Waals surface area (Å²) in [6.07, 6.45) is 0.212. The molecule has 1 aromatic carbocycles. The lowest BCUT2D eigenvalue weighted by Crippen LogP contribution is -2.22. The molecule has 17 heavy (non-hydrogen) atoms. The summed E-state index contributed by atoms with van der Waals surface area (Å²) < 4.78 is 5.58. The van der Waals surface area contributed by atoms with Gasteiger partial charge in [0.25, 0.3) is 0 Å². The van der Waals surface area contributed by atoms with Crippen molar-refractivity contribution in [2.75, 3.05) is 13.2 Å². The lowest BCUT2D eigenvalue weighted by molar-refractivity contribution is 0.233. The van der Waals surface area contributed by atoms with Crippen molar-refractivity contribution in [2.45, 2.75) is 33.4 Å². The van der Waals surface area contributed by atoms with Gasteiger partial charge in [-0.15, -0.1) is 0 Å². The van der Waals surface area contributed by atoms with E-state index in [1.165, 1.54) is 5.56 Å². The molecular formula is C14H23NO2. The molecule has 0 spiro atoms. The van der Waals surface area contributed by atoms with Crippen molar-refractivity contribution < 1.29 is 9.84 Å². The highest BCUT2D eigenvalue weighted by Crippen LogP contribution is 2.13. The highest BCUT2D eigenvalue weighted by atomic mass is 16.5. The summed E-state index contributed by atoms with van der Waals surface area (Å²) in [5.74, 6) is 1.21. The Hall–Kier alpha value is -1.06. The van der Waals surface area contributed by atoms with Crippen LogP contribution >= 0.6 is 0 Å². The van der Waals surface area contributed by atoms with Gasteiger partial charge in [0.05, 0.1) is 6.10 Å². The van der Waals surface area contributed by atoms with Crippen molar-refractivity contribution in [2.24, 2.45) is 5.92 Å². The lowest BCUT2D eigenvalue weighted by Gasteiger charge is -2.11. The summed E-state index contributed by atoms with van der Waals surface area (Å²) in [6.45, 7) is 7.95. The monoisotopic (exact) mass is 237 g/mol. The number of hydrogen-bond acceptors (Lipinski definition) is 3. The summed E-state index contributed by atoms with van der Waals surface area (Å²) in [6, 6.07) is 8.11. The van der Waals surface area contributed by atoms with Gasteiger partial charge in [0, 0.05) is 19.7 Å². The fraction of sp³-hybridized carbons (Fsp3) is 0.571. The van der Waals surface area contributed by atoms with Crippen LogP contribution in [0.1, 0.15) is 26.3 Å². The van der Waals surface area contributed by atoms with Crippen molar-refractivity contribution in [3.8, 4) is 5.75 Å². The Balaban J connectivity index is 2.35. The number of rotatable bonds is 7. The molecule has 0 aliphatic rings. The first kappa shape index (κ1) is 14.0. The van der Waals surface area contributed by atoms with Gasteiger partial charge >= 0.3 is 0 Å². The van der Waals surface area contributed by atoms with Crippen LogP contribution in [0.15, 0.2) is 24.3 Å². The minimum atomic E-state index is 0.212. The standard InChI is InChI=1S/C14H23NO2/c1-11(2)17-14-6-4-13(5-7-14)9-15-8-12(3)10-16/h4-7,11-12,15-16H,8-10H2,1-3H3. The molecule has 1 unspecified atom stereocenters. The first-order valence-corrected chi connectivity index (χ1v) is 6.19. The molecule has 1 aromatic rings. The van der Waals surface area contributed by atoms with Crippen molar-refractivity contribution in [1.82, 2.24) is 5.32 Å². The van der Waals surface area contributed by atoms with Crippen LogP contribution in [-0.4, -0.2) is 24.4 Å². The Bertz CT molecular complexity index is 309. The maximum atomic E-state index is 8.90. The van der Waals surface area contributed by atoms with E-state index < -0.39 is 0 Å². The molecule has 0 amide bonds. The zero-order chi connectivity index (χ0) is 12.7. The summed E-state index contributed by atoms with van der Waals surface area (Å²) in [5.41, 5.74) is 1.23.